The van der Waals surface area contributed by atoms with Gasteiger partial charge in [0.15, 0.2) is 0 Å². The van der Waals surface area contributed by atoms with Crippen molar-refractivity contribution in [3.63, 3.8) is 0 Å². The Morgan fingerprint density at radius 1 is 1.26 bits per heavy atom. The molecule has 2 saturated heterocycles. The van der Waals surface area contributed by atoms with Crippen LogP contribution in [0.2, 0.25) is 0 Å². The molecule has 1 atom stereocenters. The fourth-order valence-corrected chi connectivity index (χ4v) is 2.94. The summed E-state index contributed by atoms with van der Waals surface area (Å²) in [5.41, 5.74) is 3.87. The van der Waals surface area contributed by atoms with E-state index < -0.39 is 41.2 Å². The first-order valence-corrected chi connectivity index (χ1v) is 8.61. The maximum Gasteiger partial charge on any atom is 0.528 e. The van der Waals surface area contributed by atoms with E-state index in [-0.39, 0.29) is 32.5 Å². The van der Waals surface area contributed by atoms with Crippen LogP contribution >= 0.6 is 0 Å². The van der Waals surface area contributed by atoms with Gasteiger partial charge in [0.25, 0.3) is 5.91 Å². The van der Waals surface area contributed by atoms with Crippen molar-refractivity contribution in [2.45, 2.75) is 50.8 Å². The highest BCUT2D eigenvalue weighted by Crippen LogP contribution is 2.30. The van der Waals surface area contributed by atoms with Gasteiger partial charge in [-0.2, -0.15) is 0 Å². The van der Waals surface area contributed by atoms with Gasteiger partial charge in [0.05, 0.1) is 13.7 Å². The number of carbonyl (C=O) groups is 4. The van der Waals surface area contributed by atoms with Crippen LogP contribution in [-0.4, -0.2) is 78.0 Å². The lowest BCUT2D eigenvalue weighted by Gasteiger charge is -2.36. The minimum Gasteiger partial charge on any atom is -0.468 e. The largest absolute Gasteiger partial charge is 0.528 e. The summed E-state index contributed by atoms with van der Waals surface area (Å²) in [7, 11) is 1.18. The Kier molecular flexibility index (Phi) is 5.95. The molecule has 1 spiro atoms. The SMILES string of the molecule is COC(=O)[C@@H](N)CN1C(=O)NC2(CCN(OC(=O)OC(C)(C)C)CC2)C1=O. The number of piperidine rings is 1. The van der Waals surface area contributed by atoms with Gasteiger partial charge in [-0.15, -0.1) is 5.06 Å². The van der Waals surface area contributed by atoms with Crippen LogP contribution in [-0.2, 0) is 23.9 Å². The lowest BCUT2D eigenvalue weighted by molar-refractivity contribution is -0.162. The zero-order valence-corrected chi connectivity index (χ0v) is 15.9. The van der Waals surface area contributed by atoms with Crippen molar-refractivity contribution in [2.24, 2.45) is 5.73 Å². The van der Waals surface area contributed by atoms with Crippen molar-refractivity contribution in [3.8, 4) is 0 Å². The summed E-state index contributed by atoms with van der Waals surface area (Å²) in [6, 6.07) is -1.73. The maximum absolute atomic E-state index is 12.7. The molecule has 0 bridgehead atoms. The number of ether oxygens (including phenoxy) is 2. The third-order valence-electron chi connectivity index (χ3n) is 4.30. The molecule has 2 aliphatic rings. The van der Waals surface area contributed by atoms with E-state index in [1.807, 2.05) is 0 Å². The third-order valence-corrected chi connectivity index (χ3v) is 4.30. The van der Waals surface area contributed by atoms with Crippen LogP contribution in [0.1, 0.15) is 33.6 Å². The lowest BCUT2D eigenvalue weighted by Crippen LogP contribution is -2.55. The van der Waals surface area contributed by atoms with Gasteiger partial charge in [-0.05, 0) is 33.6 Å². The molecule has 0 saturated carbocycles. The minimum absolute atomic E-state index is 0.238. The van der Waals surface area contributed by atoms with E-state index in [2.05, 4.69) is 10.1 Å². The summed E-state index contributed by atoms with van der Waals surface area (Å²) < 4.78 is 9.60. The van der Waals surface area contributed by atoms with E-state index in [1.165, 1.54) is 12.2 Å². The second-order valence-corrected chi connectivity index (χ2v) is 7.54. The van der Waals surface area contributed by atoms with Crippen LogP contribution in [0.4, 0.5) is 9.59 Å². The number of hydroxylamine groups is 2. The monoisotopic (exact) mass is 386 g/mol. The summed E-state index contributed by atoms with van der Waals surface area (Å²) >= 11 is 0. The molecule has 0 aliphatic carbocycles. The molecule has 0 aromatic carbocycles. The number of hydrogen-bond acceptors (Lipinski definition) is 9. The van der Waals surface area contributed by atoms with Gasteiger partial charge in [0, 0.05) is 13.1 Å². The Bertz CT molecular complexity index is 623. The van der Waals surface area contributed by atoms with Crippen LogP contribution in [0.5, 0.6) is 0 Å². The van der Waals surface area contributed by atoms with E-state index in [0.29, 0.717) is 0 Å². The fraction of sp³-hybridized carbons (Fsp3) is 0.750. The molecule has 3 amide bonds. The van der Waals surface area contributed by atoms with Gasteiger partial charge in [0.2, 0.25) is 0 Å². The van der Waals surface area contributed by atoms with Crippen molar-refractivity contribution < 1.29 is 33.5 Å². The summed E-state index contributed by atoms with van der Waals surface area (Å²) in [5, 5.41) is 4.07. The van der Waals surface area contributed by atoms with Gasteiger partial charge >= 0.3 is 18.2 Å². The predicted molar refractivity (Wildman–Crippen MR) is 91.1 cm³/mol. The molecule has 0 aromatic heterocycles. The zero-order chi connectivity index (χ0) is 20.4. The fourth-order valence-electron chi connectivity index (χ4n) is 2.94. The van der Waals surface area contributed by atoms with Crippen molar-refractivity contribution in [1.82, 2.24) is 15.3 Å². The number of nitrogens with zero attached hydrogens (tertiary/aromatic N) is 2. The van der Waals surface area contributed by atoms with Crippen molar-refractivity contribution in [1.29, 1.82) is 0 Å². The molecule has 2 rings (SSSR count). The van der Waals surface area contributed by atoms with Gasteiger partial charge in [-0.1, -0.05) is 0 Å². The molecule has 11 heteroatoms. The highest BCUT2D eigenvalue weighted by molar-refractivity contribution is 6.07. The Hall–Kier alpha value is -2.40. The maximum atomic E-state index is 12.7. The quantitative estimate of drug-likeness (QED) is 0.494. The number of urea groups is 1. The first-order chi connectivity index (χ1) is 12.5. The Balaban J connectivity index is 1.93. The molecule has 0 unspecified atom stereocenters. The van der Waals surface area contributed by atoms with Gasteiger partial charge in [0.1, 0.15) is 17.2 Å². The summed E-state index contributed by atoms with van der Waals surface area (Å²) in [5.74, 6) is -1.17. The molecule has 11 nitrogen and oxygen atoms in total. The summed E-state index contributed by atoms with van der Waals surface area (Å²) in [4.78, 5) is 54.1. The number of imide groups is 1. The summed E-state index contributed by atoms with van der Waals surface area (Å²) in [6.07, 6.45) is -0.347. The second kappa shape index (κ2) is 7.69. The zero-order valence-electron chi connectivity index (χ0n) is 15.9. The van der Waals surface area contributed by atoms with Crippen molar-refractivity contribution in [3.05, 3.63) is 0 Å². The molecule has 152 valence electrons. The molecule has 3 N–H and O–H groups in total. The van der Waals surface area contributed by atoms with Crippen LogP contribution < -0.4 is 11.1 Å². The number of nitrogens with one attached hydrogen (secondary N) is 1. The van der Waals surface area contributed by atoms with Crippen LogP contribution in [0.15, 0.2) is 0 Å². The number of amides is 3. The lowest BCUT2D eigenvalue weighted by atomic mass is 9.88. The van der Waals surface area contributed by atoms with Gasteiger partial charge in [-0.3, -0.25) is 14.5 Å². The smallest absolute Gasteiger partial charge is 0.468 e. The third kappa shape index (κ3) is 4.86. The molecule has 2 fully saturated rings. The van der Waals surface area contributed by atoms with Crippen LogP contribution in [0, 0.1) is 0 Å². The first-order valence-electron chi connectivity index (χ1n) is 8.61. The van der Waals surface area contributed by atoms with Crippen LogP contribution in [0.25, 0.3) is 0 Å². The summed E-state index contributed by atoms with van der Waals surface area (Å²) in [6.45, 7) is 5.38. The Morgan fingerprint density at radius 3 is 2.37 bits per heavy atom. The molecular weight excluding hydrogens is 360 g/mol. The predicted octanol–water partition coefficient (Wildman–Crippen LogP) is -0.260. The average Bonchev–Trinajstić information content (AvgIpc) is 2.79. The molecule has 2 aliphatic heterocycles. The molecular formula is C16H26N4O7. The average molecular weight is 386 g/mol. The Morgan fingerprint density at radius 2 is 1.85 bits per heavy atom. The normalized spacial score (nSPS) is 21.0. The second-order valence-electron chi connectivity index (χ2n) is 7.54. The minimum atomic E-state index is -1.12. The molecule has 0 aromatic rings. The van der Waals surface area contributed by atoms with Crippen molar-refractivity contribution in [2.75, 3.05) is 26.7 Å². The number of esters is 1. The first kappa shape index (κ1) is 20.9. The van der Waals surface area contributed by atoms with Gasteiger partial charge in [-0.25, -0.2) is 9.59 Å². The van der Waals surface area contributed by atoms with Gasteiger partial charge < -0.3 is 25.4 Å². The standard InChI is InChI=1S/C16H26N4O7/c1-15(2,3)26-14(24)27-19-7-5-16(6-8-19)12(22)20(13(23)18-16)9-10(17)11(21)25-4/h10H,5-9,17H2,1-4H3,(H,18,23)/t10-/m0/s1. The van der Waals surface area contributed by atoms with Crippen molar-refractivity contribution >= 4 is 24.1 Å². The number of hydrogen-bond donors (Lipinski definition) is 2. The van der Waals surface area contributed by atoms with Crippen LogP contribution in [0.3, 0.4) is 0 Å². The molecule has 0 radical (unpaired) electrons. The highest BCUT2D eigenvalue weighted by Gasteiger charge is 2.53. The molecule has 2 heterocycles. The topological polar surface area (TPSA) is 140 Å². The van der Waals surface area contributed by atoms with E-state index in [4.69, 9.17) is 15.3 Å². The van der Waals surface area contributed by atoms with E-state index >= 15 is 0 Å². The number of methoxy groups -OCH3 is 1. The number of carbonyl (C=O) groups excluding carboxylic acids is 4. The van der Waals surface area contributed by atoms with E-state index in [1.54, 1.807) is 20.8 Å². The van der Waals surface area contributed by atoms with E-state index in [0.717, 1.165) is 4.90 Å². The number of rotatable bonds is 4. The van der Waals surface area contributed by atoms with E-state index in [9.17, 15) is 19.2 Å². The molecule has 27 heavy (non-hydrogen) atoms. The highest BCUT2D eigenvalue weighted by atomic mass is 16.8. The Labute approximate surface area is 157 Å². The number of nitrogens with two attached hydrogens (primary N) is 1.